The molecule has 1 aromatic carbocycles. The lowest BCUT2D eigenvalue weighted by atomic mass is 10.1. The van der Waals surface area contributed by atoms with Crippen LogP contribution >= 0.6 is 0 Å². The maximum absolute atomic E-state index is 12.6. The van der Waals surface area contributed by atoms with Crippen LogP contribution in [0.3, 0.4) is 0 Å². The Hall–Kier alpha value is -1.07. The van der Waals surface area contributed by atoms with E-state index in [0.717, 1.165) is 18.4 Å². The molecule has 0 saturated heterocycles. The van der Waals surface area contributed by atoms with Gasteiger partial charge in [-0.15, -0.1) is 0 Å². The molecule has 1 saturated carbocycles. The fraction of sp³-hybridized carbons (Fsp3) is 0.600. The van der Waals surface area contributed by atoms with Crippen LogP contribution in [0.5, 0.6) is 0 Å². The van der Waals surface area contributed by atoms with Crippen LogP contribution in [0.2, 0.25) is 0 Å². The van der Waals surface area contributed by atoms with Crippen molar-refractivity contribution >= 4 is 15.7 Å². The molecule has 1 atom stereocenters. The van der Waals surface area contributed by atoms with E-state index in [2.05, 4.69) is 4.72 Å². The summed E-state index contributed by atoms with van der Waals surface area (Å²) in [6, 6.07) is 3.67. The normalized spacial score (nSPS) is 17.1. The molecule has 4 nitrogen and oxygen atoms in total. The highest BCUT2D eigenvalue weighted by Crippen LogP contribution is 2.34. The van der Waals surface area contributed by atoms with Crippen molar-refractivity contribution in [2.75, 3.05) is 5.73 Å². The van der Waals surface area contributed by atoms with Gasteiger partial charge in [0.2, 0.25) is 10.0 Å². The Morgan fingerprint density at radius 2 is 1.90 bits per heavy atom. The molecule has 112 valence electrons. The standard InChI is InChI=1S/C15H24N2O2S/c1-4-13(9-12-7-8-12)17-20(18,19)15-11(3)6-5-10(2)14(15)16/h5-6,12-13,17H,4,7-9,16H2,1-3H3. The number of nitrogen functional groups attached to an aromatic ring is 1. The van der Waals surface area contributed by atoms with Crippen molar-refractivity contribution in [3.05, 3.63) is 23.3 Å². The maximum atomic E-state index is 12.6. The average molecular weight is 296 g/mol. The Kier molecular flexibility index (Phi) is 4.39. The van der Waals surface area contributed by atoms with Gasteiger partial charge in [-0.25, -0.2) is 13.1 Å². The van der Waals surface area contributed by atoms with Gasteiger partial charge in [-0.3, -0.25) is 0 Å². The van der Waals surface area contributed by atoms with Gasteiger partial charge in [0.15, 0.2) is 0 Å². The van der Waals surface area contributed by atoms with Gasteiger partial charge in [-0.2, -0.15) is 0 Å². The summed E-state index contributed by atoms with van der Waals surface area (Å²) in [6.07, 6.45) is 4.19. The number of nitrogens with two attached hydrogens (primary N) is 1. The number of hydrogen-bond acceptors (Lipinski definition) is 3. The van der Waals surface area contributed by atoms with Crippen molar-refractivity contribution in [2.45, 2.75) is 57.4 Å². The summed E-state index contributed by atoms with van der Waals surface area (Å²) in [5.41, 5.74) is 7.83. The minimum absolute atomic E-state index is 0.00631. The molecule has 0 radical (unpaired) electrons. The van der Waals surface area contributed by atoms with Gasteiger partial charge in [-0.05, 0) is 43.7 Å². The van der Waals surface area contributed by atoms with Gasteiger partial charge in [0.05, 0.1) is 5.69 Å². The topological polar surface area (TPSA) is 72.2 Å². The Morgan fingerprint density at radius 1 is 1.30 bits per heavy atom. The Morgan fingerprint density at radius 3 is 2.45 bits per heavy atom. The second kappa shape index (κ2) is 5.74. The Bertz CT molecular complexity index is 592. The zero-order valence-corrected chi connectivity index (χ0v) is 13.3. The largest absolute Gasteiger partial charge is 0.397 e. The van der Waals surface area contributed by atoms with Crippen LogP contribution in [-0.2, 0) is 10.0 Å². The van der Waals surface area contributed by atoms with E-state index < -0.39 is 10.0 Å². The third-order valence-electron chi connectivity index (χ3n) is 4.01. The van der Waals surface area contributed by atoms with Gasteiger partial charge >= 0.3 is 0 Å². The van der Waals surface area contributed by atoms with Crippen molar-refractivity contribution in [1.82, 2.24) is 4.72 Å². The van der Waals surface area contributed by atoms with Gasteiger partial charge in [0.25, 0.3) is 0 Å². The minimum Gasteiger partial charge on any atom is -0.397 e. The smallest absolute Gasteiger partial charge is 0.243 e. The fourth-order valence-electron chi connectivity index (χ4n) is 2.50. The number of anilines is 1. The molecule has 1 aliphatic rings. The molecular weight excluding hydrogens is 272 g/mol. The highest BCUT2D eigenvalue weighted by molar-refractivity contribution is 7.89. The monoisotopic (exact) mass is 296 g/mol. The van der Waals surface area contributed by atoms with Gasteiger partial charge in [0, 0.05) is 6.04 Å². The number of sulfonamides is 1. The highest BCUT2D eigenvalue weighted by atomic mass is 32.2. The molecule has 0 bridgehead atoms. The molecule has 1 aliphatic carbocycles. The van der Waals surface area contributed by atoms with Crippen molar-refractivity contribution in [3.8, 4) is 0 Å². The molecule has 1 aromatic rings. The van der Waals surface area contributed by atoms with E-state index in [1.54, 1.807) is 6.92 Å². The fourth-order valence-corrected chi connectivity index (χ4v) is 4.26. The third kappa shape index (κ3) is 3.33. The van der Waals surface area contributed by atoms with Crippen LogP contribution in [0.4, 0.5) is 5.69 Å². The number of nitrogens with one attached hydrogen (secondary N) is 1. The van der Waals surface area contributed by atoms with Crippen molar-refractivity contribution in [3.63, 3.8) is 0 Å². The summed E-state index contributed by atoms with van der Waals surface area (Å²) in [7, 11) is -3.55. The minimum atomic E-state index is -3.55. The first-order valence-electron chi connectivity index (χ1n) is 7.23. The van der Waals surface area contributed by atoms with Gasteiger partial charge in [-0.1, -0.05) is 31.9 Å². The Balaban J connectivity index is 2.27. The first-order chi connectivity index (χ1) is 9.35. The summed E-state index contributed by atoms with van der Waals surface area (Å²) < 4.78 is 28.0. The number of benzene rings is 1. The van der Waals surface area contributed by atoms with E-state index in [-0.39, 0.29) is 10.9 Å². The highest BCUT2D eigenvalue weighted by Gasteiger charge is 2.29. The predicted octanol–water partition coefficient (Wildman–Crippen LogP) is 2.74. The Labute approximate surface area is 121 Å². The molecule has 0 aromatic heterocycles. The second-order valence-electron chi connectivity index (χ2n) is 5.85. The number of aryl methyl sites for hydroxylation is 2. The predicted molar refractivity (Wildman–Crippen MR) is 82.1 cm³/mol. The van der Waals surface area contributed by atoms with E-state index in [0.29, 0.717) is 17.2 Å². The SMILES string of the molecule is CCC(CC1CC1)NS(=O)(=O)c1c(C)ccc(C)c1N. The lowest BCUT2D eigenvalue weighted by molar-refractivity contribution is 0.495. The molecule has 0 heterocycles. The molecule has 0 spiro atoms. The summed E-state index contributed by atoms with van der Waals surface area (Å²) >= 11 is 0. The van der Waals surface area contributed by atoms with Crippen LogP contribution in [-0.4, -0.2) is 14.5 Å². The lowest BCUT2D eigenvalue weighted by Gasteiger charge is -2.19. The second-order valence-corrected chi connectivity index (χ2v) is 7.50. The first-order valence-corrected chi connectivity index (χ1v) is 8.71. The van der Waals surface area contributed by atoms with Crippen molar-refractivity contribution in [2.24, 2.45) is 5.92 Å². The van der Waals surface area contributed by atoms with E-state index in [1.165, 1.54) is 12.8 Å². The molecule has 20 heavy (non-hydrogen) atoms. The lowest BCUT2D eigenvalue weighted by Crippen LogP contribution is -2.35. The van der Waals surface area contributed by atoms with E-state index in [4.69, 9.17) is 5.73 Å². The van der Waals surface area contributed by atoms with Crippen molar-refractivity contribution < 1.29 is 8.42 Å². The van der Waals surface area contributed by atoms with Crippen LogP contribution in [0.15, 0.2) is 17.0 Å². The molecule has 1 unspecified atom stereocenters. The molecule has 0 amide bonds. The van der Waals surface area contributed by atoms with E-state index in [9.17, 15) is 8.42 Å². The maximum Gasteiger partial charge on any atom is 0.243 e. The van der Waals surface area contributed by atoms with Crippen molar-refractivity contribution in [1.29, 1.82) is 0 Å². The van der Waals surface area contributed by atoms with Crippen LogP contribution in [0.1, 0.15) is 43.7 Å². The first kappa shape index (κ1) is 15.3. The summed E-state index contributed by atoms with van der Waals surface area (Å²) in [5, 5.41) is 0. The number of rotatable bonds is 6. The van der Waals surface area contributed by atoms with Crippen LogP contribution < -0.4 is 10.5 Å². The number of hydrogen-bond donors (Lipinski definition) is 2. The quantitative estimate of drug-likeness (QED) is 0.793. The third-order valence-corrected chi connectivity index (χ3v) is 5.73. The molecular formula is C15H24N2O2S. The summed E-state index contributed by atoms with van der Waals surface area (Å²) in [6.45, 7) is 5.63. The molecule has 3 N–H and O–H groups in total. The molecule has 2 rings (SSSR count). The zero-order valence-electron chi connectivity index (χ0n) is 12.4. The summed E-state index contributed by atoms with van der Waals surface area (Å²) in [5.74, 6) is 0.693. The summed E-state index contributed by atoms with van der Waals surface area (Å²) in [4.78, 5) is 0.242. The van der Waals surface area contributed by atoms with Crippen LogP contribution in [0, 0.1) is 19.8 Å². The van der Waals surface area contributed by atoms with Gasteiger partial charge in [0.1, 0.15) is 4.90 Å². The average Bonchev–Trinajstić information content (AvgIpc) is 3.17. The van der Waals surface area contributed by atoms with E-state index in [1.807, 2.05) is 26.0 Å². The van der Waals surface area contributed by atoms with Gasteiger partial charge < -0.3 is 5.73 Å². The zero-order chi connectivity index (χ0) is 14.9. The van der Waals surface area contributed by atoms with Crippen LogP contribution in [0.25, 0.3) is 0 Å². The molecule has 5 heteroatoms. The molecule has 0 aliphatic heterocycles. The molecule has 1 fully saturated rings. The van der Waals surface area contributed by atoms with E-state index >= 15 is 0 Å².